The Bertz CT molecular complexity index is 1470. The molecule has 4 rings (SSSR count). The predicted molar refractivity (Wildman–Crippen MR) is 127 cm³/mol. The van der Waals surface area contributed by atoms with E-state index < -0.39 is 23.5 Å². The summed E-state index contributed by atoms with van der Waals surface area (Å²) in [6.45, 7) is 3.68. The van der Waals surface area contributed by atoms with Gasteiger partial charge in [-0.25, -0.2) is 15.1 Å². The molecule has 3 aromatic heterocycles. The van der Waals surface area contributed by atoms with Gasteiger partial charge in [0.05, 0.1) is 10.5 Å². The summed E-state index contributed by atoms with van der Waals surface area (Å²) in [4.78, 5) is 32.5. The lowest BCUT2D eigenvalue weighted by molar-refractivity contribution is -0.141. The second-order valence-electron chi connectivity index (χ2n) is 7.76. The van der Waals surface area contributed by atoms with E-state index in [1.54, 1.807) is 19.1 Å². The molecule has 0 atom stereocenters. The minimum atomic E-state index is -4.81. The first-order valence-corrected chi connectivity index (χ1v) is 10.9. The van der Waals surface area contributed by atoms with Crippen molar-refractivity contribution in [2.75, 3.05) is 5.32 Å². The molecule has 0 fully saturated rings. The third kappa shape index (κ3) is 4.99. The van der Waals surface area contributed by atoms with Crippen molar-refractivity contribution in [2.45, 2.75) is 26.6 Å². The van der Waals surface area contributed by atoms with Gasteiger partial charge in [0.15, 0.2) is 11.5 Å². The number of halogens is 4. The lowest BCUT2D eigenvalue weighted by Gasteiger charge is -2.17. The number of anilines is 1. The van der Waals surface area contributed by atoms with Crippen LogP contribution in [0.2, 0.25) is 5.02 Å². The van der Waals surface area contributed by atoms with Crippen molar-refractivity contribution in [1.82, 2.24) is 30.6 Å². The first-order valence-electron chi connectivity index (χ1n) is 10.5. The maximum absolute atomic E-state index is 13.5. The van der Waals surface area contributed by atoms with Crippen LogP contribution in [0.15, 0.2) is 42.6 Å². The number of alkyl halides is 3. The van der Waals surface area contributed by atoms with Crippen LogP contribution in [0, 0.1) is 13.8 Å². The van der Waals surface area contributed by atoms with Crippen LogP contribution in [0.1, 0.15) is 33.0 Å². The van der Waals surface area contributed by atoms with E-state index in [9.17, 15) is 22.8 Å². The minimum absolute atomic E-state index is 0.0107. The highest BCUT2D eigenvalue weighted by atomic mass is 35.5. The number of nitrogens with one attached hydrogen (secondary N) is 3. The van der Waals surface area contributed by atoms with Crippen molar-refractivity contribution in [1.29, 1.82) is 0 Å². The zero-order valence-electron chi connectivity index (χ0n) is 18.9. The average molecular weight is 518 g/mol. The summed E-state index contributed by atoms with van der Waals surface area (Å²) in [6.07, 6.45) is -3.04. The average Bonchev–Trinajstić information content (AvgIpc) is 3.28. The molecule has 0 saturated carbocycles. The molecule has 3 N–H and O–H groups in total. The van der Waals surface area contributed by atoms with E-state index in [1.165, 1.54) is 18.3 Å². The van der Waals surface area contributed by atoms with Crippen LogP contribution in [0.25, 0.3) is 16.7 Å². The Hall–Kier alpha value is -4.03. The van der Waals surface area contributed by atoms with E-state index in [0.29, 0.717) is 34.8 Å². The fraction of sp³-hybridized carbons (Fsp3) is 0.174. The van der Waals surface area contributed by atoms with E-state index in [4.69, 9.17) is 11.6 Å². The van der Waals surface area contributed by atoms with Gasteiger partial charge in [-0.1, -0.05) is 17.7 Å². The predicted octanol–water partition coefficient (Wildman–Crippen LogP) is 4.11. The highest BCUT2D eigenvalue weighted by Crippen LogP contribution is 2.32. The Morgan fingerprint density at radius 2 is 1.97 bits per heavy atom. The van der Waals surface area contributed by atoms with E-state index >= 15 is 0 Å². The first kappa shape index (κ1) is 25.1. The van der Waals surface area contributed by atoms with Gasteiger partial charge in [-0.3, -0.25) is 20.0 Å². The van der Waals surface area contributed by atoms with Crippen molar-refractivity contribution in [2.24, 2.45) is 0 Å². The number of amides is 2. The summed E-state index contributed by atoms with van der Waals surface area (Å²) in [5.74, 6) is -1.00. The van der Waals surface area contributed by atoms with Crippen molar-refractivity contribution >= 4 is 40.5 Å². The molecule has 0 aliphatic rings. The van der Waals surface area contributed by atoms with Crippen molar-refractivity contribution in [3.63, 3.8) is 0 Å². The van der Waals surface area contributed by atoms with Gasteiger partial charge in [0.2, 0.25) is 6.41 Å². The Balaban J connectivity index is 1.82. The molecule has 3 heterocycles. The van der Waals surface area contributed by atoms with Gasteiger partial charge >= 0.3 is 6.18 Å². The maximum Gasteiger partial charge on any atom is 0.435 e. The van der Waals surface area contributed by atoms with Crippen LogP contribution in [0.3, 0.4) is 0 Å². The molecule has 0 bridgehead atoms. The van der Waals surface area contributed by atoms with Crippen molar-refractivity contribution in [3.05, 3.63) is 75.8 Å². The van der Waals surface area contributed by atoms with Gasteiger partial charge < -0.3 is 5.32 Å². The fourth-order valence-electron chi connectivity index (χ4n) is 3.67. The summed E-state index contributed by atoms with van der Waals surface area (Å²) < 4.78 is 41.2. The second kappa shape index (κ2) is 9.91. The summed E-state index contributed by atoms with van der Waals surface area (Å²) in [5, 5.41) is 7.00. The molecule has 0 spiro atoms. The molecule has 9 nitrogen and oxygen atoms in total. The first-order chi connectivity index (χ1) is 17.1. The number of carbonyl (C=O) groups is 2. The monoisotopic (exact) mass is 517 g/mol. The van der Waals surface area contributed by atoms with E-state index in [-0.39, 0.29) is 17.4 Å². The molecular weight excluding hydrogens is 499 g/mol. The summed E-state index contributed by atoms with van der Waals surface area (Å²) in [6, 6.07) is 8.92. The molecule has 0 radical (unpaired) electrons. The summed E-state index contributed by atoms with van der Waals surface area (Å²) >= 11 is 6.13. The molecule has 0 aliphatic carbocycles. The molecule has 0 unspecified atom stereocenters. The Morgan fingerprint density at radius 3 is 2.67 bits per heavy atom. The molecule has 186 valence electrons. The highest BCUT2D eigenvalue weighted by molar-refractivity contribution is 6.32. The van der Waals surface area contributed by atoms with Crippen LogP contribution < -0.4 is 16.2 Å². The lowest BCUT2D eigenvalue weighted by Crippen LogP contribution is -2.30. The van der Waals surface area contributed by atoms with Crippen LogP contribution in [-0.2, 0) is 17.5 Å². The third-order valence-electron chi connectivity index (χ3n) is 5.33. The van der Waals surface area contributed by atoms with Crippen LogP contribution in [0.5, 0.6) is 0 Å². The highest BCUT2D eigenvalue weighted by Gasteiger charge is 2.36. The Labute approximate surface area is 207 Å². The van der Waals surface area contributed by atoms with Crippen LogP contribution in [-0.4, -0.2) is 32.1 Å². The summed E-state index contributed by atoms with van der Waals surface area (Å²) in [7, 11) is 0. The van der Waals surface area contributed by atoms with E-state index in [1.807, 2.05) is 13.0 Å². The fourth-order valence-corrected chi connectivity index (χ4v) is 3.87. The number of nitrogens with zero attached hydrogens (tertiary/aromatic N) is 4. The smallest absolute Gasteiger partial charge is 0.320 e. The van der Waals surface area contributed by atoms with Gasteiger partial charge in [0.1, 0.15) is 5.69 Å². The van der Waals surface area contributed by atoms with E-state index in [2.05, 4.69) is 31.2 Å². The number of pyridine rings is 2. The lowest BCUT2D eigenvalue weighted by atomic mass is 10.0. The zero-order valence-corrected chi connectivity index (χ0v) is 19.7. The van der Waals surface area contributed by atoms with Gasteiger partial charge in [-0.2, -0.15) is 18.3 Å². The van der Waals surface area contributed by atoms with Crippen LogP contribution in [0.4, 0.5) is 18.9 Å². The quantitative estimate of drug-likeness (QED) is 0.193. The van der Waals surface area contributed by atoms with Crippen molar-refractivity contribution in [3.8, 4) is 5.82 Å². The second-order valence-corrected chi connectivity index (χ2v) is 8.17. The number of hydrazine groups is 1. The third-order valence-corrected chi connectivity index (χ3v) is 5.62. The zero-order chi connectivity index (χ0) is 26.0. The standard InChI is InChI=1S/C23H19ClF3N7O2/c1-12-5-6-15-13(2)20(14(8-17(15)31-12)10-29-30-11-35)32-22(36)18-9-19(23(25,26)27)33-34(18)21-16(24)4-3-7-28-21/h3-9,11,29H,10H2,1-2H3,(H,30,35)(H,32,36). The molecule has 36 heavy (non-hydrogen) atoms. The largest absolute Gasteiger partial charge is 0.435 e. The number of aryl methyl sites for hydroxylation is 2. The molecule has 0 aliphatic heterocycles. The maximum atomic E-state index is 13.5. The number of rotatable bonds is 7. The molecule has 4 aromatic rings. The SMILES string of the molecule is Cc1ccc2c(C)c(NC(=O)c3cc(C(F)(F)F)nn3-c3ncccc3Cl)c(CNNC=O)cc2n1. The van der Waals surface area contributed by atoms with Gasteiger partial charge in [0.25, 0.3) is 5.91 Å². The molecule has 0 saturated heterocycles. The number of fused-ring (bicyclic) bond motifs is 1. The van der Waals surface area contributed by atoms with Gasteiger partial charge in [0, 0.05) is 35.6 Å². The van der Waals surface area contributed by atoms with E-state index in [0.717, 1.165) is 15.8 Å². The molecule has 1 aromatic carbocycles. The normalized spacial score (nSPS) is 11.5. The van der Waals surface area contributed by atoms with Gasteiger partial charge in [-0.15, -0.1) is 0 Å². The molecular formula is C23H19ClF3N7O2. The van der Waals surface area contributed by atoms with Crippen LogP contribution >= 0.6 is 11.6 Å². The number of benzene rings is 1. The number of hydrogen-bond acceptors (Lipinski definition) is 6. The minimum Gasteiger partial charge on any atom is -0.320 e. The number of hydrogen-bond donors (Lipinski definition) is 3. The van der Waals surface area contributed by atoms with Gasteiger partial charge in [-0.05, 0) is 49.2 Å². The molecule has 2 amide bonds. The Morgan fingerprint density at radius 1 is 1.19 bits per heavy atom. The summed E-state index contributed by atoms with van der Waals surface area (Å²) in [5.41, 5.74) is 6.25. The Kier molecular flexibility index (Phi) is 6.91. The number of carbonyl (C=O) groups excluding carboxylic acids is 2. The van der Waals surface area contributed by atoms with Crippen molar-refractivity contribution < 1.29 is 22.8 Å². The number of aromatic nitrogens is 4. The topological polar surface area (TPSA) is 114 Å². The molecule has 13 heteroatoms.